The Labute approximate surface area is 93.6 Å². The fraction of sp³-hybridized carbons (Fsp3) is 1.00. The molecule has 90 valence electrons. The third-order valence-corrected chi connectivity index (χ3v) is 5.51. The molecule has 0 heterocycles. The maximum atomic E-state index is 11.5. The minimum absolute atomic E-state index is 0.246. The van der Waals surface area contributed by atoms with Crippen molar-refractivity contribution in [2.75, 3.05) is 12.3 Å². The van der Waals surface area contributed by atoms with Gasteiger partial charge in [0, 0.05) is 18.3 Å². The lowest BCUT2D eigenvalue weighted by Crippen LogP contribution is -2.39. The standard InChI is InChI=1S/C11H23NO2S/c1-3-15(13,14)10(2)9-12-11-7-5-4-6-8-11/h10-12H,3-9H2,1-2H3. The molecule has 1 fully saturated rings. The summed E-state index contributed by atoms with van der Waals surface area (Å²) in [5.74, 6) is 0.251. The zero-order valence-electron chi connectivity index (χ0n) is 9.83. The van der Waals surface area contributed by atoms with Crippen LogP contribution in [-0.4, -0.2) is 32.0 Å². The van der Waals surface area contributed by atoms with Crippen molar-refractivity contribution in [2.24, 2.45) is 0 Å². The van der Waals surface area contributed by atoms with Gasteiger partial charge in [-0.1, -0.05) is 26.2 Å². The molecule has 0 radical (unpaired) electrons. The van der Waals surface area contributed by atoms with Crippen molar-refractivity contribution in [3.05, 3.63) is 0 Å². The second-order valence-corrected chi connectivity index (χ2v) is 7.21. The summed E-state index contributed by atoms with van der Waals surface area (Å²) in [6.45, 7) is 4.13. The van der Waals surface area contributed by atoms with E-state index in [1.54, 1.807) is 13.8 Å². The van der Waals surface area contributed by atoms with E-state index in [0.29, 0.717) is 12.6 Å². The van der Waals surface area contributed by atoms with E-state index in [2.05, 4.69) is 5.32 Å². The first-order valence-corrected chi connectivity index (χ1v) is 7.72. The van der Waals surface area contributed by atoms with E-state index in [1.165, 1.54) is 32.1 Å². The molecule has 0 aliphatic heterocycles. The molecule has 0 amide bonds. The van der Waals surface area contributed by atoms with Gasteiger partial charge in [-0.05, 0) is 19.8 Å². The lowest BCUT2D eigenvalue weighted by Gasteiger charge is -2.24. The average molecular weight is 233 g/mol. The quantitative estimate of drug-likeness (QED) is 0.786. The van der Waals surface area contributed by atoms with Crippen LogP contribution < -0.4 is 5.32 Å². The lowest BCUT2D eigenvalue weighted by molar-refractivity contribution is 0.374. The van der Waals surface area contributed by atoms with Crippen molar-refractivity contribution >= 4 is 9.84 Å². The molecule has 0 spiro atoms. The highest BCUT2D eigenvalue weighted by atomic mass is 32.2. The van der Waals surface area contributed by atoms with Crippen molar-refractivity contribution in [3.8, 4) is 0 Å². The summed E-state index contributed by atoms with van der Waals surface area (Å²) in [6, 6.07) is 0.549. The number of rotatable bonds is 5. The maximum Gasteiger partial charge on any atom is 0.153 e. The van der Waals surface area contributed by atoms with Gasteiger partial charge in [0.15, 0.2) is 9.84 Å². The predicted octanol–water partition coefficient (Wildman–Crippen LogP) is 1.73. The van der Waals surface area contributed by atoms with Gasteiger partial charge in [0.25, 0.3) is 0 Å². The number of hydrogen-bond donors (Lipinski definition) is 1. The zero-order valence-corrected chi connectivity index (χ0v) is 10.6. The number of nitrogens with one attached hydrogen (secondary N) is 1. The highest BCUT2D eigenvalue weighted by molar-refractivity contribution is 7.92. The molecule has 1 N–H and O–H groups in total. The van der Waals surface area contributed by atoms with Crippen LogP contribution in [0.15, 0.2) is 0 Å². The summed E-state index contributed by atoms with van der Waals surface area (Å²) in [4.78, 5) is 0. The van der Waals surface area contributed by atoms with Gasteiger partial charge >= 0.3 is 0 Å². The molecular weight excluding hydrogens is 210 g/mol. The van der Waals surface area contributed by atoms with Gasteiger partial charge in [0.05, 0.1) is 5.25 Å². The van der Waals surface area contributed by atoms with E-state index in [0.717, 1.165) is 0 Å². The monoisotopic (exact) mass is 233 g/mol. The van der Waals surface area contributed by atoms with Crippen LogP contribution in [0, 0.1) is 0 Å². The summed E-state index contributed by atoms with van der Waals surface area (Å²) in [6.07, 6.45) is 6.32. The molecule has 0 aromatic rings. The maximum absolute atomic E-state index is 11.5. The number of sulfone groups is 1. The van der Waals surface area contributed by atoms with Crippen LogP contribution >= 0.6 is 0 Å². The van der Waals surface area contributed by atoms with E-state index >= 15 is 0 Å². The summed E-state index contributed by atoms with van der Waals surface area (Å²) in [7, 11) is -2.86. The lowest BCUT2D eigenvalue weighted by atomic mass is 9.95. The second-order valence-electron chi connectivity index (χ2n) is 4.51. The predicted molar refractivity (Wildman–Crippen MR) is 63.8 cm³/mol. The largest absolute Gasteiger partial charge is 0.313 e. The first-order chi connectivity index (χ1) is 7.06. The average Bonchev–Trinajstić information content (AvgIpc) is 2.27. The van der Waals surface area contributed by atoms with Crippen LogP contribution in [0.5, 0.6) is 0 Å². The third-order valence-electron chi connectivity index (χ3n) is 3.31. The highest BCUT2D eigenvalue weighted by Crippen LogP contribution is 2.17. The molecule has 0 saturated heterocycles. The Kier molecular flexibility index (Phi) is 5.06. The minimum Gasteiger partial charge on any atom is -0.313 e. The molecule has 1 aliphatic rings. The highest BCUT2D eigenvalue weighted by Gasteiger charge is 2.20. The fourth-order valence-corrected chi connectivity index (χ4v) is 2.97. The molecule has 1 rings (SSSR count). The Bertz CT molecular complexity index is 268. The van der Waals surface area contributed by atoms with Crippen LogP contribution in [0.4, 0.5) is 0 Å². The van der Waals surface area contributed by atoms with Crippen molar-refractivity contribution in [2.45, 2.75) is 57.2 Å². The summed E-state index contributed by atoms with van der Waals surface area (Å²) in [5, 5.41) is 3.14. The van der Waals surface area contributed by atoms with Crippen LogP contribution in [0.25, 0.3) is 0 Å². The minimum atomic E-state index is -2.86. The Balaban J connectivity index is 2.30. The third kappa shape index (κ3) is 4.11. The molecule has 0 aromatic heterocycles. The van der Waals surface area contributed by atoms with Gasteiger partial charge < -0.3 is 5.32 Å². The first kappa shape index (κ1) is 13.0. The Morgan fingerprint density at radius 1 is 1.27 bits per heavy atom. The zero-order chi connectivity index (χ0) is 11.3. The molecule has 1 aliphatic carbocycles. The molecule has 0 aromatic carbocycles. The number of hydrogen-bond acceptors (Lipinski definition) is 3. The second kappa shape index (κ2) is 5.85. The van der Waals surface area contributed by atoms with Crippen molar-refractivity contribution in [3.63, 3.8) is 0 Å². The van der Waals surface area contributed by atoms with Crippen LogP contribution in [0.2, 0.25) is 0 Å². The van der Waals surface area contributed by atoms with Crippen LogP contribution in [0.1, 0.15) is 46.0 Å². The van der Waals surface area contributed by atoms with Gasteiger partial charge in [0.1, 0.15) is 0 Å². The van der Waals surface area contributed by atoms with Crippen molar-refractivity contribution in [1.29, 1.82) is 0 Å². The SMILES string of the molecule is CCS(=O)(=O)C(C)CNC1CCCCC1. The van der Waals surface area contributed by atoms with Crippen LogP contribution in [-0.2, 0) is 9.84 Å². The Morgan fingerprint density at radius 3 is 2.40 bits per heavy atom. The molecule has 1 saturated carbocycles. The Morgan fingerprint density at radius 2 is 1.87 bits per heavy atom. The van der Waals surface area contributed by atoms with Crippen molar-refractivity contribution in [1.82, 2.24) is 5.32 Å². The van der Waals surface area contributed by atoms with E-state index in [4.69, 9.17) is 0 Å². The summed E-state index contributed by atoms with van der Waals surface area (Å²) in [5.41, 5.74) is 0. The van der Waals surface area contributed by atoms with E-state index in [-0.39, 0.29) is 11.0 Å². The fourth-order valence-electron chi connectivity index (χ4n) is 2.05. The van der Waals surface area contributed by atoms with Crippen LogP contribution in [0.3, 0.4) is 0 Å². The molecular formula is C11H23NO2S. The van der Waals surface area contributed by atoms with Gasteiger partial charge in [-0.15, -0.1) is 0 Å². The van der Waals surface area contributed by atoms with E-state index in [1.807, 2.05) is 0 Å². The molecule has 0 bridgehead atoms. The molecule has 1 unspecified atom stereocenters. The smallest absolute Gasteiger partial charge is 0.153 e. The molecule has 15 heavy (non-hydrogen) atoms. The van der Waals surface area contributed by atoms with Crippen molar-refractivity contribution < 1.29 is 8.42 Å². The normalized spacial score (nSPS) is 21.5. The van der Waals surface area contributed by atoms with Gasteiger partial charge in [0.2, 0.25) is 0 Å². The Hall–Kier alpha value is -0.0900. The molecule has 1 atom stereocenters. The van der Waals surface area contributed by atoms with Gasteiger partial charge in [-0.3, -0.25) is 0 Å². The van der Waals surface area contributed by atoms with E-state index < -0.39 is 9.84 Å². The first-order valence-electron chi connectivity index (χ1n) is 6.01. The summed E-state index contributed by atoms with van der Waals surface area (Å²) < 4.78 is 23.1. The molecule has 4 heteroatoms. The van der Waals surface area contributed by atoms with Gasteiger partial charge in [-0.25, -0.2) is 8.42 Å². The van der Waals surface area contributed by atoms with E-state index in [9.17, 15) is 8.42 Å². The topological polar surface area (TPSA) is 46.2 Å². The van der Waals surface area contributed by atoms with Gasteiger partial charge in [-0.2, -0.15) is 0 Å². The molecule has 3 nitrogen and oxygen atoms in total. The summed E-state index contributed by atoms with van der Waals surface area (Å²) >= 11 is 0.